The standard InChI is InChI=1S/C13H13N3O2/c1-9-4-2-3-5-10(9)11-6-7-14-13(16-11)15-8-12(17)18/h2-7H,8H2,1H3,(H,17,18)(H,14,15,16). The SMILES string of the molecule is Cc1ccccc1-c1ccnc(NCC(=O)O)n1. The van der Waals surface area contributed by atoms with E-state index in [9.17, 15) is 4.79 Å². The van der Waals surface area contributed by atoms with Crippen LogP contribution in [0.5, 0.6) is 0 Å². The molecule has 0 saturated heterocycles. The number of aryl methyl sites for hydroxylation is 1. The third-order valence-corrected chi connectivity index (χ3v) is 2.47. The molecule has 18 heavy (non-hydrogen) atoms. The van der Waals surface area contributed by atoms with Gasteiger partial charge in [-0.05, 0) is 18.6 Å². The van der Waals surface area contributed by atoms with Crippen LogP contribution in [0.3, 0.4) is 0 Å². The maximum absolute atomic E-state index is 10.5. The van der Waals surface area contributed by atoms with Gasteiger partial charge in [-0.3, -0.25) is 4.79 Å². The van der Waals surface area contributed by atoms with E-state index in [1.807, 2.05) is 31.2 Å². The number of benzene rings is 1. The molecular formula is C13H13N3O2. The minimum Gasteiger partial charge on any atom is -0.480 e. The molecule has 1 heterocycles. The number of carboxylic acid groups (broad SMARTS) is 1. The van der Waals surface area contributed by atoms with E-state index >= 15 is 0 Å². The summed E-state index contributed by atoms with van der Waals surface area (Å²) < 4.78 is 0. The normalized spacial score (nSPS) is 10.1. The molecule has 0 aliphatic carbocycles. The van der Waals surface area contributed by atoms with Crippen LogP contribution in [-0.2, 0) is 4.79 Å². The number of aliphatic carboxylic acids is 1. The predicted molar refractivity (Wildman–Crippen MR) is 68.3 cm³/mol. The molecule has 2 rings (SSSR count). The number of hydrogen-bond donors (Lipinski definition) is 2. The number of hydrogen-bond acceptors (Lipinski definition) is 4. The summed E-state index contributed by atoms with van der Waals surface area (Å²) in [5.74, 6) is -0.627. The van der Waals surface area contributed by atoms with Crippen molar-refractivity contribution in [3.63, 3.8) is 0 Å². The molecule has 0 spiro atoms. The van der Waals surface area contributed by atoms with Crippen molar-refractivity contribution in [1.82, 2.24) is 9.97 Å². The van der Waals surface area contributed by atoms with E-state index in [0.717, 1.165) is 16.8 Å². The Morgan fingerprint density at radius 3 is 2.83 bits per heavy atom. The molecule has 0 fully saturated rings. The molecular weight excluding hydrogens is 230 g/mol. The fourth-order valence-corrected chi connectivity index (χ4v) is 1.61. The zero-order chi connectivity index (χ0) is 13.0. The lowest BCUT2D eigenvalue weighted by Gasteiger charge is -2.06. The number of nitrogens with one attached hydrogen (secondary N) is 1. The molecule has 0 aliphatic heterocycles. The summed E-state index contributed by atoms with van der Waals surface area (Å²) in [6.07, 6.45) is 1.61. The Morgan fingerprint density at radius 1 is 1.33 bits per heavy atom. The van der Waals surface area contributed by atoms with Crippen LogP contribution in [0.2, 0.25) is 0 Å². The Hall–Kier alpha value is -2.43. The molecule has 92 valence electrons. The topological polar surface area (TPSA) is 75.1 Å². The van der Waals surface area contributed by atoms with Crippen LogP contribution in [0.15, 0.2) is 36.5 Å². The zero-order valence-electron chi connectivity index (χ0n) is 9.92. The van der Waals surface area contributed by atoms with Gasteiger partial charge in [-0.1, -0.05) is 24.3 Å². The number of aromatic nitrogens is 2. The van der Waals surface area contributed by atoms with Gasteiger partial charge in [0.25, 0.3) is 0 Å². The predicted octanol–water partition coefficient (Wildman–Crippen LogP) is 1.95. The lowest BCUT2D eigenvalue weighted by atomic mass is 10.1. The molecule has 0 amide bonds. The van der Waals surface area contributed by atoms with E-state index in [4.69, 9.17) is 5.11 Å². The van der Waals surface area contributed by atoms with Crippen LogP contribution in [0.25, 0.3) is 11.3 Å². The summed E-state index contributed by atoms with van der Waals surface area (Å²) >= 11 is 0. The monoisotopic (exact) mass is 243 g/mol. The van der Waals surface area contributed by atoms with E-state index in [-0.39, 0.29) is 6.54 Å². The first-order valence-corrected chi connectivity index (χ1v) is 5.51. The second kappa shape index (κ2) is 5.27. The number of nitrogens with zero attached hydrogens (tertiary/aromatic N) is 2. The quantitative estimate of drug-likeness (QED) is 0.858. The largest absolute Gasteiger partial charge is 0.480 e. The van der Waals surface area contributed by atoms with Crippen LogP contribution < -0.4 is 5.32 Å². The average Bonchev–Trinajstić information content (AvgIpc) is 2.37. The van der Waals surface area contributed by atoms with Gasteiger partial charge in [0.1, 0.15) is 6.54 Å². The smallest absolute Gasteiger partial charge is 0.322 e. The van der Waals surface area contributed by atoms with Gasteiger partial charge >= 0.3 is 5.97 Å². The minimum atomic E-state index is -0.945. The van der Waals surface area contributed by atoms with E-state index in [1.165, 1.54) is 0 Å². The van der Waals surface area contributed by atoms with E-state index in [1.54, 1.807) is 12.3 Å². The molecule has 2 N–H and O–H groups in total. The van der Waals surface area contributed by atoms with Crippen LogP contribution in [-0.4, -0.2) is 27.6 Å². The lowest BCUT2D eigenvalue weighted by molar-refractivity contribution is -0.134. The first-order valence-electron chi connectivity index (χ1n) is 5.51. The van der Waals surface area contributed by atoms with E-state index < -0.39 is 5.97 Å². The van der Waals surface area contributed by atoms with Crippen LogP contribution in [0.4, 0.5) is 5.95 Å². The highest BCUT2D eigenvalue weighted by Gasteiger charge is 2.05. The lowest BCUT2D eigenvalue weighted by Crippen LogP contribution is -2.14. The number of carboxylic acids is 1. The number of carbonyl (C=O) groups is 1. The maximum Gasteiger partial charge on any atom is 0.322 e. The average molecular weight is 243 g/mol. The van der Waals surface area contributed by atoms with E-state index in [2.05, 4.69) is 15.3 Å². The molecule has 0 bridgehead atoms. The summed E-state index contributed by atoms with van der Waals surface area (Å²) in [5.41, 5.74) is 2.90. The second-order valence-electron chi connectivity index (χ2n) is 3.83. The van der Waals surface area contributed by atoms with Crippen molar-refractivity contribution in [3.05, 3.63) is 42.1 Å². The van der Waals surface area contributed by atoms with Gasteiger partial charge in [-0.15, -0.1) is 0 Å². The van der Waals surface area contributed by atoms with Gasteiger partial charge < -0.3 is 10.4 Å². The molecule has 0 unspecified atom stereocenters. The molecule has 2 aromatic rings. The second-order valence-corrected chi connectivity index (χ2v) is 3.83. The number of anilines is 1. The number of rotatable bonds is 4. The molecule has 1 aromatic carbocycles. The van der Waals surface area contributed by atoms with Gasteiger partial charge in [0.2, 0.25) is 5.95 Å². The van der Waals surface area contributed by atoms with Crippen molar-refractivity contribution in [1.29, 1.82) is 0 Å². The molecule has 0 radical (unpaired) electrons. The molecule has 1 aromatic heterocycles. The first kappa shape index (κ1) is 12.0. The minimum absolute atomic E-state index is 0.197. The Bertz CT molecular complexity index is 570. The Balaban J connectivity index is 2.27. The van der Waals surface area contributed by atoms with Crippen molar-refractivity contribution in [2.75, 3.05) is 11.9 Å². The molecule has 0 atom stereocenters. The molecule has 0 aliphatic rings. The summed E-state index contributed by atoms with van der Waals surface area (Å²) in [6, 6.07) is 9.67. The summed E-state index contributed by atoms with van der Waals surface area (Å²) in [7, 11) is 0. The molecule has 0 saturated carbocycles. The summed E-state index contributed by atoms with van der Waals surface area (Å²) in [6.45, 7) is 1.80. The highest BCUT2D eigenvalue weighted by atomic mass is 16.4. The third kappa shape index (κ3) is 2.82. The van der Waals surface area contributed by atoms with Gasteiger partial charge in [0.05, 0.1) is 5.69 Å². The van der Waals surface area contributed by atoms with Crippen molar-refractivity contribution in [3.8, 4) is 11.3 Å². The van der Waals surface area contributed by atoms with Crippen molar-refractivity contribution in [2.45, 2.75) is 6.92 Å². The van der Waals surface area contributed by atoms with E-state index in [0.29, 0.717) is 5.95 Å². The van der Waals surface area contributed by atoms with Gasteiger partial charge in [0, 0.05) is 11.8 Å². The summed E-state index contributed by atoms with van der Waals surface area (Å²) in [4.78, 5) is 18.7. The third-order valence-electron chi connectivity index (χ3n) is 2.47. The Labute approximate surface area is 105 Å². The fraction of sp³-hybridized carbons (Fsp3) is 0.154. The van der Waals surface area contributed by atoms with Gasteiger partial charge in [0.15, 0.2) is 0 Å². The van der Waals surface area contributed by atoms with Crippen molar-refractivity contribution < 1.29 is 9.90 Å². The van der Waals surface area contributed by atoms with Crippen LogP contribution >= 0.6 is 0 Å². The van der Waals surface area contributed by atoms with Crippen molar-refractivity contribution >= 4 is 11.9 Å². The fourth-order valence-electron chi connectivity index (χ4n) is 1.61. The van der Waals surface area contributed by atoms with Crippen LogP contribution in [0.1, 0.15) is 5.56 Å². The zero-order valence-corrected chi connectivity index (χ0v) is 9.92. The Kier molecular flexibility index (Phi) is 3.52. The summed E-state index contributed by atoms with van der Waals surface area (Å²) in [5, 5.41) is 11.2. The van der Waals surface area contributed by atoms with Gasteiger partial charge in [-0.2, -0.15) is 0 Å². The van der Waals surface area contributed by atoms with Gasteiger partial charge in [-0.25, -0.2) is 9.97 Å². The Morgan fingerprint density at radius 2 is 2.11 bits per heavy atom. The van der Waals surface area contributed by atoms with Crippen LogP contribution in [0, 0.1) is 6.92 Å². The first-order chi connectivity index (χ1) is 8.66. The molecule has 5 nitrogen and oxygen atoms in total. The maximum atomic E-state index is 10.5. The van der Waals surface area contributed by atoms with Crippen molar-refractivity contribution in [2.24, 2.45) is 0 Å². The highest BCUT2D eigenvalue weighted by Crippen LogP contribution is 2.21. The highest BCUT2D eigenvalue weighted by molar-refractivity contribution is 5.72. The molecule has 5 heteroatoms.